The predicted octanol–water partition coefficient (Wildman–Crippen LogP) is 0.526. The number of hydrogen-bond acceptors (Lipinski definition) is 6. The maximum atomic E-state index is 12.0. The van der Waals surface area contributed by atoms with Crippen LogP contribution >= 0.6 is 0 Å². The summed E-state index contributed by atoms with van der Waals surface area (Å²) in [6, 6.07) is 7.39. The summed E-state index contributed by atoms with van der Waals surface area (Å²) in [7, 11) is 1.69. The summed E-state index contributed by atoms with van der Waals surface area (Å²) in [6.45, 7) is 1.90. The van der Waals surface area contributed by atoms with Gasteiger partial charge in [0.2, 0.25) is 17.7 Å². The minimum atomic E-state index is -0.179. The Bertz CT molecular complexity index is 673. The van der Waals surface area contributed by atoms with Crippen LogP contribution in [0, 0.1) is 0 Å². The van der Waals surface area contributed by atoms with E-state index in [0.29, 0.717) is 39.0 Å². The van der Waals surface area contributed by atoms with E-state index in [-0.39, 0.29) is 37.4 Å². The second-order valence-corrected chi connectivity index (χ2v) is 6.31. The van der Waals surface area contributed by atoms with Gasteiger partial charge in [-0.05, 0) is 11.1 Å². The number of carbonyl (C=O) groups excluding carboxylic acids is 4. The average molecular weight is 376 g/mol. The van der Waals surface area contributed by atoms with Crippen LogP contribution in [0.1, 0.15) is 24.0 Å². The summed E-state index contributed by atoms with van der Waals surface area (Å²) >= 11 is 0. The molecule has 0 aromatic heterocycles. The molecule has 1 aliphatic rings. The Balaban J connectivity index is 1.71. The summed E-state index contributed by atoms with van der Waals surface area (Å²) < 4.78 is 9.79. The SMILES string of the molecule is CN(Cc1ccc(CC(=O)N2CCC2=O)cc1)C(=O)COCCCOC=O. The number of likely N-dealkylation sites (N-methyl/N-ethyl adjacent to an activating group) is 1. The molecule has 0 radical (unpaired) electrons. The van der Waals surface area contributed by atoms with Crippen molar-refractivity contribution in [1.29, 1.82) is 0 Å². The number of carbonyl (C=O) groups is 4. The molecule has 1 aromatic carbocycles. The average Bonchev–Trinajstić information content (AvgIpc) is 2.64. The lowest BCUT2D eigenvalue weighted by molar-refractivity contribution is -0.152. The zero-order valence-electron chi connectivity index (χ0n) is 15.4. The van der Waals surface area contributed by atoms with Crippen LogP contribution < -0.4 is 0 Å². The molecule has 1 aliphatic heterocycles. The number of hydrogen-bond donors (Lipinski definition) is 0. The fraction of sp³-hybridized carbons (Fsp3) is 0.474. The van der Waals surface area contributed by atoms with E-state index < -0.39 is 0 Å². The highest BCUT2D eigenvalue weighted by Gasteiger charge is 2.29. The molecule has 146 valence electrons. The number of nitrogens with zero attached hydrogens (tertiary/aromatic N) is 2. The van der Waals surface area contributed by atoms with Crippen molar-refractivity contribution in [2.45, 2.75) is 25.8 Å². The van der Waals surface area contributed by atoms with Crippen molar-refractivity contribution in [3.05, 3.63) is 35.4 Å². The standard InChI is InChI=1S/C19H24N2O6/c1-20(19(25)13-26-9-2-10-27-14-22)12-16-5-3-15(4-6-16)11-18(24)21-8-7-17(21)23/h3-6,14H,2,7-13H2,1H3. The monoisotopic (exact) mass is 376 g/mol. The van der Waals surface area contributed by atoms with Crippen LogP contribution in [0.25, 0.3) is 0 Å². The number of imide groups is 1. The summed E-state index contributed by atoms with van der Waals surface area (Å²) in [5, 5.41) is 0. The molecule has 27 heavy (non-hydrogen) atoms. The molecular weight excluding hydrogens is 352 g/mol. The van der Waals surface area contributed by atoms with Gasteiger partial charge in [0.15, 0.2) is 0 Å². The minimum Gasteiger partial charge on any atom is -0.468 e. The van der Waals surface area contributed by atoms with Gasteiger partial charge in [-0.3, -0.25) is 24.1 Å². The highest BCUT2D eigenvalue weighted by Crippen LogP contribution is 2.13. The lowest BCUT2D eigenvalue weighted by Crippen LogP contribution is -2.48. The van der Waals surface area contributed by atoms with E-state index in [9.17, 15) is 19.2 Å². The van der Waals surface area contributed by atoms with Crippen LogP contribution in [-0.2, 0) is 41.6 Å². The quantitative estimate of drug-likeness (QED) is 0.318. The molecule has 1 fully saturated rings. The highest BCUT2D eigenvalue weighted by atomic mass is 16.5. The molecule has 8 heteroatoms. The largest absolute Gasteiger partial charge is 0.468 e. The molecule has 1 heterocycles. The van der Waals surface area contributed by atoms with E-state index in [1.54, 1.807) is 11.9 Å². The maximum Gasteiger partial charge on any atom is 0.293 e. The molecule has 1 saturated heterocycles. The van der Waals surface area contributed by atoms with Crippen molar-refractivity contribution < 1.29 is 28.7 Å². The molecule has 0 saturated carbocycles. The summed E-state index contributed by atoms with van der Waals surface area (Å²) in [6.07, 6.45) is 1.18. The van der Waals surface area contributed by atoms with Crippen LogP contribution in [0.4, 0.5) is 0 Å². The first-order valence-electron chi connectivity index (χ1n) is 8.79. The number of amides is 3. The molecule has 1 aromatic rings. The lowest BCUT2D eigenvalue weighted by Gasteiger charge is -2.28. The van der Waals surface area contributed by atoms with Gasteiger partial charge in [-0.1, -0.05) is 24.3 Å². The van der Waals surface area contributed by atoms with Crippen LogP contribution in [0.15, 0.2) is 24.3 Å². The fourth-order valence-corrected chi connectivity index (χ4v) is 2.54. The minimum absolute atomic E-state index is 0.0337. The summed E-state index contributed by atoms with van der Waals surface area (Å²) in [5.41, 5.74) is 1.76. The number of rotatable bonds is 11. The number of ether oxygens (including phenoxy) is 2. The smallest absolute Gasteiger partial charge is 0.293 e. The number of benzene rings is 1. The second kappa shape index (κ2) is 10.4. The van der Waals surface area contributed by atoms with Crippen molar-refractivity contribution in [3.63, 3.8) is 0 Å². The zero-order valence-corrected chi connectivity index (χ0v) is 15.4. The molecule has 0 bridgehead atoms. The van der Waals surface area contributed by atoms with E-state index in [1.165, 1.54) is 4.90 Å². The molecule has 0 aliphatic carbocycles. The van der Waals surface area contributed by atoms with Crippen molar-refractivity contribution in [3.8, 4) is 0 Å². The van der Waals surface area contributed by atoms with Crippen molar-refractivity contribution in [2.75, 3.05) is 33.4 Å². The van der Waals surface area contributed by atoms with Gasteiger partial charge in [0.25, 0.3) is 6.47 Å². The third-order valence-electron chi connectivity index (χ3n) is 4.22. The summed E-state index contributed by atoms with van der Waals surface area (Å²) in [4.78, 5) is 48.1. The molecule has 2 rings (SSSR count). The Morgan fingerprint density at radius 3 is 2.48 bits per heavy atom. The van der Waals surface area contributed by atoms with Gasteiger partial charge in [0.1, 0.15) is 6.61 Å². The highest BCUT2D eigenvalue weighted by molar-refractivity contribution is 6.00. The third kappa shape index (κ3) is 6.49. The van der Waals surface area contributed by atoms with Crippen molar-refractivity contribution >= 4 is 24.2 Å². The van der Waals surface area contributed by atoms with Gasteiger partial charge < -0.3 is 14.4 Å². The Morgan fingerprint density at radius 2 is 1.89 bits per heavy atom. The third-order valence-corrected chi connectivity index (χ3v) is 4.22. The van der Waals surface area contributed by atoms with Gasteiger partial charge in [-0.2, -0.15) is 0 Å². The zero-order chi connectivity index (χ0) is 19.6. The Morgan fingerprint density at radius 1 is 1.19 bits per heavy atom. The molecule has 0 N–H and O–H groups in total. The molecule has 8 nitrogen and oxygen atoms in total. The first kappa shape index (κ1) is 20.6. The van der Waals surface area contributed by atoms with Crippen molar-refractivity contribution in [1.82, 2.24) is 9.80 Å². The van der Waals surface area contributed by atoms with Crippen molar-refractivity contribution in [2.24, 2.45) is 0 Å². The van der Waals surface area contributed by atoms with Gasteiger partial charge >= 0.3 is 0 Å². The van der Waals surface area contributed by atoms with Crippen LogP contribution in [0.2, 0.25) is 0 Å². The molecule has 0 spiro atoms. The first-order chi connectivity index (χ1) is 13.0. The predicted molar refractivity (Wildman–Crippen MR) is 95.4 cm³/mol. The van der Waals surface area contributed by atoms with Gasteiger partial charge in [0, 0.05) is 33.0 Å². The van der Waals surface area contributed by atoms with Gasteiger partial charge in [-0.25, -0.2) is 0 Å². The molecule has 0 atom stereocenters. The Hall–Kier alpha value is -2.74. The normalized spacial score (nSPS) is 13.1. The number of likely N-dealkylation sites (tertiary alicyclic amines) is 1. The van der Waals surface area contributed by atoms with Gasteiger partial charge in [-0.15, -0.1) is 0 Å². The van der Waals surface area contributed by atoms with E-state index in [4.69, 9.17) is 4.74 Å². The first-order valence-corrected chi connectivity index (χ1v) is 8.79. The van der Waals surface area contributed by atoms with E-state index in [2.05, 4.69) is 4.74 Å². The molecular formula is C19H24N2O6. The van der Waals surface area contributed by atoms with E-state index in [1.807, 2.05) is 24.3 Å². The Labute approximate surface area is 158 Å². The Kier molecular flexibility index (Phi) is 7.94. The van der Waals surface area contributed by atoms with Gasteiger partial charge in [0.05, 0.1) is 19.6 Å². The van der Waals surface area contributed by atoms with E-state index >= 15 is 0 Å². The topological polar surface area (TPSA) is 93.2 Å². The summed E-state index contributed by atoms with van der Waals surface area (Å²) in [5.74, 6) is -0.445. The lowest BCUT2D eigenvalue weighted by atomic mass is 10.1. The molecule has 3 amide bonds. The molecule has 0 unspecified atom stereocenters. The van der Waals surface area contributed by atoms with Crippen LogP contribution in [-0.4, -0.2) is 67.4 Å². The number of β-lactam (4-membered cyclic amide) rings is 1. The second-order valence-electron chi connectivity index (χ2n) is 6.31. The van der Waals surface area contributed by atoms with Crippen LogP contribution in [0.5, 0.6) is 0 Å². The van der Waals surface area contributed by atoms with E-state index in [0.717, 1.165) is 11.1 Å². The van der Waals surface area contributed by atoms with Crippen LogP contribution in [0.3, 0.4) is 0 Å². The fourth-order valence-electron chi connectivity index (χ4n) is 2.54. The maximum absolute atomic E-state index is 12.0.